The maximum Gasteiger partial charge on any atom is 0.277 e. The Morgan fingerprint density at radius 2 is 1.80 bits per heavy atom. The minimum absolute atomic E-state index is 0.113. The van der Waals surface area contributed by atoms with E-state index >= 15 is 0 Å². The number of nitro groups is 2. The Balaban J connectivity index is 2.15. The van der Waals surface area contributed by atoms with E-state index in [1.165, 1.54) is 11.3 Å². The summed E-state index contributed by atoms with van der Waals surface area (Å²) in [5, 5.41) is 35.3. The molecule has 130 valence electrons. The first-order valence-electron chi connectivity index (χ1n) is 6.68. The predicted octanol–water partition coefficient (Wildman–Crippen LogP) is 2.04. The third-order valence-electron chi connectivity index (χ3n) is 2.80. The number of amides is 1. The second-order valence-electron chi connectivity index (χ2n) is 4.52. The standard InChI is InChI=1S/C12H10N6O5S2/c1-2-9-15-16-12(25-9)14-11(24)13-10(19)6-3-7(17(20)21)5-8(4-6)18(22)23/h3-5H,2H2,1H3,(H2,13,14,16,19,24). The zero-order valence-corrected chi connectivity index (χ0v) is 14.2. The van der Waals surface area contributed by atoms with E-state index in [9.17, 15) is 25.0 Å². The lowest BCUT2D eigenvalue weighted by molar-refractivity contribution is -0.394. The number of nitrogens with one attached hydrogen (secondary N) is 2. The summed E-state index contributed by atoms with van der Waals surface area (Å²) in [6.45, 7) is 1.90. The lowest BCUT2D eigenvalue weighted by Crippen LogP contribution is -2.34. The second-order valence-corrected chi connectivity index (χ2v) is 5.99. The second kappa shape index (κ2) is 7.67. The molecule has 0 saturated heterocycles. The first-order chi connectivity index (χ1) is 11.8. The molecule has 1 aromatic heterocycles. The van der Waals surface area contributed by atoms with Crippen LogP contribution in [0.15, 0.2) is 18.2 Å². The van der Waals surface area contributed by atoms with Crippen LogP contribution in [-0.4, -0.2) is 31.1 Å². The number of nitrogens with zero attached hydrogens (tertiary/aromatic N) is 4. The number of nitro benzene ring substituents is 2. The topological polar surface area (TPSA) is 153 Å². The molecule has 2 rings (SSSR count). The first kappa shape index (κ1) is 18.3. The lowest BCUT2D eigenvalue weighted by Gasteiger charge is -2.06. The molecule has 0 radical (unpaired) electrons. The van der Waals surface area contributed by atoms with E-state index in [0.717, 1.165) is 23.2 Å². The van der Waals surface area contributed by atoms with Gasteiger partial charge in [-0.2, -0.15) is 0 Å². The average molecular weight is 382 g/mol. The molecule has 13 heteroatoms. The SMILES string of the molecule is CCc1nnc(NC(=S)NC(=O)c2cc([N+](=O)[O-])cc([N+](=O)[O-])c2)s1. The number of carbonyl (C=O) groups excluding carboxylic acids is 1. The van der Waals surface area contributed by atoms with Crippen LogP contribution in [0.25, 0.3) is 0 Å². The summed E-state index contributed by atoms with van der Waals surface area (Å²) in [5.74, 6) is -0.829. The predicted molar refractivity (Wildman–Crippen MR) is 92.7 cm³/mol. The number of non-ortho nitro benzene ring substituents is 2. The van der Waals surface area contributed by atoms with Gasteiger partial charge in [0, 0.05) is 12.1 Å². The van der Waals surface area contributed by atoms with Crippen molar-refractivity contribution in [2.45, 2.75) is 13.3 Å². The number of hydrogen-bond acceptors (Lipinski definition) is 9. The molecular weight excluding hydrogens is 372 g/mol. The van der Waals surface area contributed by atoms with Crippen molar-refractivity contribution >= 4 is 51.1 Å². The summed E-state index contributed by atoms with van der Waals surface area (Å²) in [4.78, 5) is 32.2. The molecule has 2 aromatic rings. The molecule has 1 amide bonds. The molecule has 0 saturated carbocycles. The van der Waals surface area contributed by atoms with Crippen LogP contribution < -0.4 is 10.6 Å². The van der Waals surface area contributed by atoms with Gasteiger partial charge in [-0.15, -0.1) is 10.2 Å². The van der Waals surface area contributed by atoms with Crippen molar-refractivity contribution in [3.8, 4) is 0 Å². The molecule has 0 aliphatic carbocycles. The largest absolute Gasteiger partial charge is 0.307 e. The molecule has 0 aliphatic rings. The molecular formula is C12H10N6O5S2. The Morgan fingerprint density at radius 1 is 1.20 bits per heavy atom. The normalized spacial score (nSPS) is 10.1. The van der Waals surface area contributed by atoms with Crippen LogP contribution in [0.5, 0.6) is 0 Å². The van der Waals surface area contributed by atoms with Crippen LogP contribution in [0, 0.1) is 20.2 Å². The fourth-order valence-corrected chi connectivity index (χ4v) is 2.63. The Hall–Kier alpha value is -3.06. The summed E-state index contributed by atoms with van der Waals surface area (Å²) >= 11 is 6.20. The number of aryl methyl sites for hydroxylation is 1. The van der Waals surface area contributed by atoms with Gasteiger partial charge in [0.25, 0.3) is 17.3 Å². The van der Waals surface area contributed by atoms with Crippen molar-refractivity contribution in [2.75, 3.05) is 5.32 Å². The van der Waals surface area contributed by atoms with Crippen LogP contribution in [-0.2, 0) is 6.42 Å². The highest BCUT2D eigenvalue weighted by atomic mass is 32.1. The minimum Gasteiger partial charge on any atom is -0.307 e. The molecule has 1 heterocycles. The van der Waals surface area contributed by atoms with Gasteiger partial charge in [-0.3, -0.25) is 30.3 Å². The van der Waals surface area contributed by atoms with Gasteiger partial charge in [0.1, 0.15) is 5.01 Å². The number of carbonyl (C=O) groups is 1. The molecule has 0 aliphatic heterocycles. The van der Waals surface area contributed by atoms with E-state index < -0.39 is 27.1 Å². The van der Waals surface area contributed by atoms with Gasteiger partial charge in [0.2, 0.25) is 5.13 Å². The van der Waals surface area contributed by atoms with Crippen LogP contribution in [0.3, 0.4) is 0 Å². The maximum atomic E-state index is 12.1. The van der Waals surface area contributed by atoms with E-state index in [4.69, 9.17) is 12.2 Å². The Labute approximate surface area is 149 Å². The molecule has 0 unspecified atom stereocenters. The molecule has 2 N–H and O–H groups in total. The number of thiocarbonyl (C=S) groups is 1. The Kier molecular flexibility index (Phi) is 5.61. The molecule has 0 atom stereocenters. The lowest BCUT2D eigenvalue weighted by atomic mass is 10.1. The third kappa shape index (κ3) is 4.71. The third-order valence-corrected chi connectivity index (χ3v) is 3.99. The van der Waals surface area contributed by atoms with Crippen LogP contribution >= 0.6 is 23.6 Å². The summed E-state index contributed by atoms with van der Waals surface area (Å²) in [5.41, 5.74) is -1.42. The van der Waals surface area contributed by atoms with E-state index in [0.29, 0.717) is 11.6 Å². The van der Waals surface area contributed by atoms with Crippen molar-refractivity contribution in [1.29, 1.82) is 0 Å². The average Bonchev–Trinajstić information content (AvgIpc) is 3.01. The highest BCUT2D eigenvalue weighted by Gasteiger charge is 2.20. The zero-order chi connectivity index (χ0) is 18.6. The van der Waals surface area contributed by atoms with Crippen molar-refractivity contribution in [1.82, 2.24) is 15.5 Å². The van der Waals surface area contributed by atoms with E-state index in [-0.39, 0.29) is 10.7 Å². The van der Waals surface area contributed by atoms with Crippen molar-refractivity contribution < 1.29 is 14.6 Å². The molecule has 0 bridgehead atoms. The molecule has 0 fully saturated rings. The number of anilines is 1. The Bertz CT molecular complexity index is 835. The van der Waals surface area contributed by atoms with E-state index in [1.54, 1.807) is 0 Å². The maximum absolute atomic E-state index is 12.1. The quantitative estimate of drug-likeness (QED) is 0.449. The number of aromatic nitrogens is 2. The van der Waals surface area contributed by atoms with Gasteiger partial charge in [-0.25, -0.2) is 0 Å². The van der Waals surface area contributed by atoms with E-state index in [2.05, 4.69) is 20.8 Å². The highest BCUT2D eigenvalue weighted by Crippen LogP contribution is 2.22. The number of benzene rings is 1. The van der Waals surface area contributed by atoms with Gasteiger partial charge in [0.05, 0.1) is 21.5 Å². The van der Waals surface area contributed by atoms with Gasteiger partial charge in [-0.05, 0) is 18.6 Å². The van der Waals surface area contributed by atoms with Crippen molar-refractivity contribution in [3.05, 3.63) is 49.0 Å². The van der Waals surface area contributed by atoms with Crippen molar-refractivity contribution in [2.24, 2.45) is 0 Å². The smallest absolute Gasteiger partial charge is 0.277 e. The minimum atomic E-state index is -0.829. The molecule has 11 nitrogen and oxygen atoms in total. The van der Waals surface area contributed by atoms with Gasteiger partial charge < -0.3 is 5.32 Å². The number of hydrogen-bond donors (Lipinski definition) is 2. The number of rotatable bonds is 5. The molecule has 0 spiro atoms. The summed E-state index contributed by atoms with van der Waals surface area (Å²) in [6.07, 6.45) is 0.690. The molecule has 1 aromatic carbocycles. The summed E-state index contributed by atoms with van der Waals surface area (Å²) in [6, 6.07) is 2.61. The molecule has 25 heavy (non-hydrogen) atoms. The monoisotopic (exact) mass is 382 g/mol. The van der Waals surface area contributed by atoms with Crippen LogP contribution in [0.2, 0.25) is 0 Å². The van der Waals surface area contributed by atoms with Crippen LogP contribution in [0.4, 0.5) is 16.5 Å². The fraction of sp³-hybridized carbons (Fsp3) is 0.167. The van der Waals surface area contributed by atoms with E-state index in [1.807, 2.05) is 6.92 Å². The van der Waals surface area contributed by atoms with Crippen molar-refractivity contribution in [3.63, 3.8) is 0 Å². The van der Waals surface area contributed by atoms with Crippen LogP contribution in [0.1, 0.15) is 22.3 Å². The Morgan fingerprint density at radius 3 is 2.28 bits per heavy atom. The fourth-order valence-electron chi connectivity index (χ4n) is 1.69. The zero-order valence-electron chi connectivity index (χ0n) is 12.6. The summed E-state index contributed by atoms with van der Waals surface area (Å²) in [7, 11) is 0. The van der Waals surface area contributed by atoms with Gasteiger partial charge in [0.15, 0.2) is 5.11 Å². The summed E-state index contributed by atoms with van der Waals surface area (Å²) < 4.78 is 0. The highest BCUT2D eigenvalue weighted by molar-refractivity contribution is 7.80. The first-order valence-corrected chi connectivity index (χ1v) is 7.91. The van der Waals surface area contributed by atoms with Gasteiger partial charge >= 0.3 is 0 Å². The van der Waals surface area contributed by atoms with Gasteiger partial charge in [-0.1, -0.05) is 18.3 Å².